The summed E-state index contributed by atoms with van der Waals surface area (Å²) in [5.41, 5.74) is 5.03. The van der Waals surface area contributed by atoms with Crippen molar-refractivity contribution in [3.63, 3.8) is 0 Å². The zero-order chi connectivity index (χ0) is 27.6. The highest BCUT2D eigenvalue weighted by atomic mass is 16.1. The molecule has 0 radical (unpaired) electrons. The number of piperazine rings is 1. The molecule has 3 aromatic heterocycles. The molecule has 2 aromatic carbocycles. The van der Waals surface area contributed by atoms with Crippen molar-refractivity contribution >= 4 is 16.7 Å². The fourth-order valence-electron chi connectivity index (χ4n) is 6.20. The van der Waals surface area contributed by atoms with E-state index in [0.717, 1.165) is 50.5 Å². The van der Waals surface area contributed by atoms with Crippen LogP contribution < -0.4 is 11.1 Å². The lowest BCUT2D eigenvalue weighted by molar-refractivity contribution is 0.108. The maximum atomic E-state index is 13.6. The Hall–Kier alpha value is -4.01. The second kappa shape index (κ2) is 11.2. The number of aromatic amines is 1. The molecule has 0 bridgehead atoms. The van der Waals surface area contributed by atoms with E-state index >= 15 is 0 Å². The number of H-pyrrole nitrogens is 1. The number of benzene rings is 2. The van der Waals surface area contributed by atoms with Crippen LogP contribution in [0, 0.1) is 6.92 Å². The van der Waals surface area contributed by atoms with E-state index in [2.05, 4.69) is 80.4 Å². The van der Waals surface area contributed by atoms with E-state index < -0.39 is 0 Å². The number of nitrogens with one attached hydrogen (secondary N) is 1. The predicted octanol–water partition coefficient (Wildman–Crippen LogP) is 4.01. The minimum absolute atomic E-state index is 0.0531. The zero-order valence-corrected chi connectivity index (χ0v) is 23.2. The molecular weight excluding hydrogens is 500 g/mol. The summed E-state index contributed by atoms with van der Waals surface area (Å²) < 4.78 is 3.64. The molecule has 1 N–H and O–H groups in total. The van der Waals surface area contributed by atoms with Gasteiger partial charge in [-0.05, 0) is 37.1 Å². The van der Waals surface area contributed by atoms with E-state index in [1.165, 1.54) is 17.2 Å². The van der Waals surface area contributed by atoms with Crippen LogP contribution in [-0.4, -0.2) is 61.5 Å². The zero-order valence-electron chi connectivity index (χ0n) is 23.2. The molecule has 8 nitrogen and oxygen atoms in total. The second-order valence-corrected chi connectivity index (χ2v) is 10.6. The number of rotatable bonds is 8. The Morgan fingerprint density at radius 2 is 1.50 bits per heavy atom. The van der Waals surface area contributed by atoms with Crippen molar-refractivity contribution in [1.82, 2.24) is 28.7 Å². The second-order valence-electron chi connectivity index (χ2n) is 10.6. The molecule has 0 saturated carbocycles. The highest BCUT2D eigenvalue weighted by Crippen LogP contribution is 2.29. The van der Waals surface area contributed by atoms with Crippen LogP contribution in [0.25, 0.3) is 16.7 Å². The van der Waals surface area contributed by atoms with Gasteiger partial charge < -0.3 is 14.5 Å². The molecule has 5 aromatic rings. The summed E-state index contributed by atoms with van der Waals surface area (Å²) in [5, 5.41) is 0. The molecule has 0 atom stereocenters. The Kier molecular flexibility index (Phi) is 7.36. The maximum absolute atomic E-state index is 13.6. The quantitative estimate of drug-likeness (QED) is 0.324. The molecular formula is C32H36N6O2. The Labute approximate surface area is 233 Å². The van der Waals surface area contributed by atoms with Crippen LogP contribution in [0.15, 0.2) is 82.4 Å². The molecule has 1 aliphatic rings. The topological polar surface area (TPSA) is 78.6 Å². The number of imidazole rings is 1. The van der Waals surface area contributed by atoms with Gasteiger partial charge in [0.05, 0.1) is 17.3 Å². The molecule has 6 rings (SSSR count). The van der Waals surface area contributed by atoms with Gasteiger partial charge in [-0.3, -0.25) is 18.9 Å². The summed E-state index contributed by atoms with van der Waals surface area (Å²) in [7, 11) is 0. The molecule has 1 fully saturated rings. The maximum Gasteiger partial charge on any atom is 0.277 e. The Balaban J connectivity index is 1.18. The van der Waals surface area contributed by atoms with Crippen LogP contribution in [0.3, 0.4) is 0 Å². The molecule has 0 unspecified atom stereocenters. The van der Waals surface area contributed by atoms with Gasteiger partial charge in [0.2, 0.25) is 5.56 Å². The third-order valence-electron chi connectivity index (χ3n) is 8.14. The molecule has 8 heteroatoms. The first-order chi connectivity index (χ1) is 19.5. The SMILES string of the molecule is CCc1nc(C)c2c(=O)n(CCCN3CCN(C(c4ccccc4)c4ccccc4)CC3)c3ccc(=O)[nH]c3n12. The number of nitrogens with zero attached hydrogens (tertiary/aromatic N) is 5. The number of pyridine rings is 1. The monoisotopic (exact) mass is 536 g/mol. The van der Waals surface area contributed by atoms with Crippen molar-refractivity contribution in [1.29, 1.82) is 0 Å². The molecule has 4 heterocycles. The van der Waals surface area contributed by atoms with E-state index in [1.807, 2.05) is 22.8 Å². The van der Waals surface area contributed by atoms with Gasteiger partial charge in [-0.15, -0.1) is 0 Å². The minimum atomic E-state index is -0.186. The summed E-state index contributed by atoms with van der Waals surface area (Å²) in [6.45, 7) is 9.31. The number of fused-ring (bicyclic) bond motifs is 3. The van der Waals surface area contributed by atoms with E-state index in [0.29, 0.717) is 29.8 Å². The van der Waals surface area contributed by atoms with Gasteiger partial charge in [0.25, 0.3) is 5.56 Å². The normalized spacial score (nSPS) is 15.0. The van der Waals surface area contributed by atoms with Gasteiger partial charge in [-0.1, -0.05) is 67.6 Å². The summed E-state index contributed by atoms with van der Waals surface area (Å²) in [5.74, 6) is 0.783. The predicted molar refractivity (Wildman–Crippen MR) is 159 cm³/mol. The van der Waals surface area contributed by atoms with Crippen LogP contribution in [0.5, 0.6) is 0 Å². The molecule has 1 aliphatic heterocycles. The third-order valence-corrected chi connectivity index (χ3v) is 8.14. The lowest BCUT2D eigenvalue weighted by Crippen LogP contribution is -2.48. The van der Waals surface area contributed by atoms with Gasteiger partial charge in [-0.2, -0.15) is 0 Å². The van der Waals surface area contributed by atoms with Gasteiger partial charge in [-0.25, -0.2) is 4.98 Å². The lowest BCUT2D eigenvalue weighted by atomic mass is 9.96. The molecule has 1 saturated heterocycles. The number of aromatic nitrogens is 4. The smallest absolute Gasteiger partial charge is 0.277 e. The van der Waals surface area contributed by atoms with Crippen LogP contribution in [0.4, 0.5) is 0 Å². The van der Waals surface area contributed by atoms with E-state index in [9.17, 15) is 9.59 Å². The van der Waals surface area contributed by atoms with Crippen LogP contribution in [-0.2, 0) is 13.0 Å². The standard InChI is InChI=1S/C32H36N6O2/c1-3-27-33-23(2)29-32(40)37(26-15-16-28(39)34-31(26)38(27)29)18-10-17-35-19-21-36(22-20-35)30(24-11-6-4-7-12-24)25-13-8-5-9-14-25/h4-9,11-16,30H,3,10,17-22H2,1-2H3,(H,34,39). The molecule has 0 aliphatic carbocycles. The number of hydrogen-bond acceptors (Lipinski definition) is 5. The molecule has 40 heavy (non-hydrogen) atoms. The van der Waals surface area contributed by atoms with Gasteiger partial charge in [0.1, 0.15) is 17.0 Å². The van der Waals surface area contributed by atoms with E-state index in [-0.39, 0.29) is 17.2 Å². The van der Waals surface area contributed by atoms with Gasteiger partial charge in [0.15, 0.2) is 0 Å². The summed E-state index contributed by atoms with van der Waals surface area (Å²) in [6.07, 6.45) is 1.52. The van der Waals surface area contributed by atoms with Crippen molar-refractivity contribution in [2.24, 2.45) is 0 Å². The van der Waals surface area contributed by atoms with Crippen molar-refractivity contribution < 1.29 is 0 Å². The first-order valence-corrected chi connectivity index (χ1v) is 14.2. The Morgan fingerprint density at radius 3 is 2.12 bits per heavy atom. The van der Waals surface area contributed by atoms with E-state index in [4.69, 9.17) is 0 Å². The first-order valence-electron chi connectivity index (χ1n) is 14.2. The Bertz CT molecular complexity index is 1690. The molecule has 0 spiro atoms. The average molecular weight is 537 g/mol. The minimum Gasteiger partial charge on any atom is -0.306 e. The number of aryl methyl sites for hydroxylation is 3. The fourth-order valence-corrected chi connectivity index (χ4v) is 6.20. The summed E-state index contributed by atoms with van der Waals surface area (Å²) in [4.78, 5) is 38.5. The lowest BCUT2D eigenvalue weighted by Gasteiger charge is -2.40. The number of hydrogen-bond donors (Lipinski definition) is 1. The summed E-state index contributed by atoms with van der Waals surface area (Å²) in [6, 6.07) is 25.0. The largest absolute Gasteiger partial charge is 0.306 e. The van der Waals surface area contributed by atoms with Crippen LogP contribution in [0.1, 0.15) is 42.0 Å². The van der Waals surface area contributed by atoms with Crippen molar-refractivity contribution in [2.75, 3.05) is 32.7 Å². The van der Waals surface area contributed by atoms with Crippen LogP contribution >= 0.6 is 0 Å². The van der Waals surface area contributed by atoms with Crippen molar-refractivity contribution in [3.05, 3.63) is 116 Å². The third kappa shape index (κ3) is 4.89. The fraction of sp³-hybridized carbons (Fsp3) is 0.344. The van der Waals surface area contributed by atoms with Crippen molar-refractivity contribution in [2.45, 2.75) is 39.3 Å². The Morgan fingerprint density at radius 1 is 0.850 bits per heavy atom. The average Bonchev–Trinajstić information content (AvgIpc) is 3.33. The van der Waals surface area contributed by atoms with Gasteiger partial charge >= 0.3 is 0 Å². The highest BCUT2D eigenvalue weighted by molar-refractivity contribution is 5.76. The highest BCUT2D eigenvalue weighted by Gasteiger charge is 2.26. The van der Waals surface area contributed by atoms with Crippen molar-refractivity contribution in [3.8, 4) is 0 Å². The van der Waals surface area contributed by atoms with Gasteiger partial charge in [0, 0.05) is 45.2 Å². The summed E-state index contributed by atoms with van der Waals surface area (Å²) >= 11 is 0. The van der Waals surface area contributed by atoms with E-state index in [1.54, 1.807) is 6.07 Å². The van der Waals surface area contributed by atoms with Crippen LogP contribution in [0.2, 0.25) is 0 Å². The first kappa shape index (κ1) is 26.2. The molecule has 206 valence electrons. The molecule has 0 amide bonds.